The molecule has 1 aliphatic heterocycles. The minimum absolute atomic E-state index is 0.714. The van der Waals surface area contributed by atoms with Crippen LogP contribution in [0, 0.1) is 11.8 Å². The zero-order valence-corrected chi connectivity index (χ0v) is 11.3. The van der Waals surface area contributed by atoms with Crippen molar-refractivity contribution in [1.29, 1.82) is 0 Å². The van der Waals surface area contributed by atoms with E-state index >= 15 is 0 Å². The predicted molar refractivity (Wildman–Crippen MR) is 72.0 cm³/mol. The number of carbonyl (C=O) groups excluding carboxylic acids is 1. The van der Waals surface area contributed by atoms with Crippen LogP contribution >= 0.6 is 0 Å². The Morgan fingerprint density at radius 1 is 1.33 bits per heavy atom. The summed E-state index contributed by atoms with van der Waals surface area (Å²) in [5.74, 6) is 2.35. The lowest BCUT2D eigenvalue weighted by Gasteiger charge is -2.17. The van der Waals surface area contributed by atoms with E-state index in [4.69, 9.17) is 4.74 Å². The molecule has 1 saturated heterocycles. The molecule has 0 aliphatic carbocycles. The Hall–Kier alpha value is -1.35. The first-order valence-electron chi connectivity index (χ1n) is 6.48. The van der Waals surface area contributed by atoms with Gasteiger partial charge in [-0.3, -0.25) is 9.69 Å². The molecule has 3 heteroatoms. The lowest BCUT2D eigenvalue weighted by atomic mass is 10.0. The number of likely N-dealkylation sites (tertiary alicyclic amines) is 1. The van der Waals surface area contributed by atoms with Gasteiger partial charge in [0, 0.05) is 30.8 Å². The van der Waals surface area contributed by atoms with Crippen molar-refractivity contribution in [2.45, 2.75) is 20.4 Å². The monoisotopic (exact) mass is 247 g/mol. The molecule has 2 atom stereocenters. The van der Waals surface area contributed by atoms with Crippen LogP contribution in [0.25, 0.3) is 0 Å². The van der Waals surface area contributed by atoms with Crippen molar-refractivity contribution >= 4 is 6.29 Å². The average molecular weight is 247 g/mol. The van der Waals surface area contributed by atoms with Crippen LogP contribution in [0.3, 0.4) is 0 Å². The van der Waals surface area contributed by atoms with Gasteiger partial charge < -0.3 is 4.74 Å². The van der Waals surface area contributed by atoms with Crippen LogP contribution in [0.4, 0.5) is 0 Å². The molecule has 1 aromatic rings. The molecule has 0 amide bonds. The van der Waals surface area contributed by atoms with Crippen LogP contribution in [-0.4, -0.2) is 31.4 Å². The summed E-state index contributed by atoms with van der Waals surface area (Å²) in [7, 11) is 1.68. The highest BCUT2D eigenvalue weighted by atomic mass is 16.5. The van der Waals surface area contributed by atoms with Crippen molar-refractivity contribution in [3.05, 3.63) is 29.3 Å². The molecule has 1 heterocycles. The molecule has 1 fully saturated rings. The molecular weight excluding hydrogens is 226 g/mol. The van der Waals surface area contributed by atoms with Crippen molar-refractivity contribution in [1.82, 2.24) is 4.90 Å². The zero-order chi connectivity index (χ0) is 13.1. The Bertz CT molecular complexity index is 421. The number of nitrogens with zero attached hydrogens (tertiary/aromatic N) is 1. The highest BCUT2D eigenvalue weighted by molar-refractivity contribution is 5.75. The normalized spacial score (nSPS) is 24.2. The second kappa shape index (κ2) is 5.53. The summed E-state index contributed by atoms with van der Waals surface area (Å²) in [4.78, 5) is 13.3. The molecule has 98 valence electrons. The molecule has 1 aromatic carbocycles. The van der Waals surface area contributed by atoms with Crippen molar-refractivity contribution < 1.29 is 9.53 Å². The number of carbonyl (C=O) groups is 1. The summed E-state index contributed by atoms with van der Waals surface area (Å²) in [6.45, 7) is 7.69. The largest absolute Gasteiger partial charge is 0.496 e. The Morgan fingerprint density at radius 3 is 2.56 bits per heavy atom. The average Bonchev–Trinajstić information content (AvgIpc) is 2.68. The van der Waals surface area contributed by atoms with Gasteiger partial charge in [0.05, 0.1) is 7.11 Å². The first kappa shape index (κ1) is 13.1. The van der Waals surface area contributed by atoms with Gasteiger partial charge in [-0.05, 0) is 30.0 Å². The van der Waals surface area contributed by atoms with Gasteiger partial charge in [0.2, 0.25) is 0 Å². The molecule has 2 rings (SSSR count). The van der Waals surface area contributed by atoms with Crippen LogP contribution in [0.5, 0.6) is 5.75 Å². The van der Waals surface area contributed by atoms with Gasteiger partial charge in [-0.1, -0.05) is 13.8 Å². The van der Waals surface area contributed by atoms with Gasteiger partial charge in [-0.15, -0.1) is 0 Å². The minimum atomic E-state index is 0.714. The first-order valence-corrected chi connectivity index (χ1v) is 6.48. The van der Waals surface area contributed by atoms with Crippen molar-refractivity contribution in [2.24, 2.45) is 11.8 Å². The van der Waals surface area contributed by atoms with Crippen LogP contribution in [0.15, 0.2) is 18.2 Å². The highest BCUT2D eigenvalue weighted by Gasteiger charge is 2.26. The zero-order valence-electron chi connectivity index (χ0n) is 11.3. The third kappa shape index (κ3) is 2.72. The quantitative estimate of drug-likeness (QED) is 0.766. The maximum Gasteiger partial charge on any atom is 0.150 e. The number of aldehydes is 1. The number of methoxy groups -OCH3 is 1. The Morgan fingerprint density at radius 2 is 2.00 bits per heavy atom. The van der Waals surface area contributed by atoms with E-state index in [0.29, 0.717) is 5.56 Å². The predicted octanol–water partition coefficient (Wildman–Crippen LogP) is 2.60. The smallest absolute Gasteiger partial charge is 0.150 e. The van der Waals surface area contributed by atoms with E-state index in [9.17, 15) is 4.79 Å². The lowest BCUT2D eigenvalue weighted by Crippen LogP contribution is -2.20. The number of ether oxygens (including phenoxy) is 1. The number of benzene rings is 1. The van der Waals surface area contributed by atoms with Gasteiger partial charge in [-0.2, -0.15) is 0 Å². The maximum absolute atomic E-state index is 10.8. The Kier molecular flexibility index (Phi) is 4.02. The van der Waals surface area contributed by atoms with Crippen molar-refractivity contribution in [2.75, 3.05) is 20.2 Å². The van der Waals surface area contributed by atoms with Crippen LogP contribution in [-0.2, 0) is 6.54 Å². The Labute approximate surface area is 109 Å². The van der Waals surface area contributed by atoms with Crippen molar-refractivity contribution in [3.8, 4) is 5.75 Å². The molecule has 0 saturated carbocycles. The van der Waals surface area contributed by atoms with Crippen molar-refractivity contribution in [3.63, 3.8) is 0 Å². The van der Waals surface area contributed by atoms with E-state index in [1.807, 2.05) is 12.1 Å². The molecule has 0 aromatic heterocycles. The fourth-order valence-corrected chi connectivity index (χ4v) is 2.61. The summed E-state index contributed by atoms with van der Waals surface area (Å²) in [5, 5.41) is 0. The summed E-state index contributed by atoms with van der Waals surface area (Å²) in [6.07, 6.45) is 0.887. The summed E-state index contributed by atoms with van der Waals surface area (Å²) < 4.78 is 5.37. The molecule has 18 heavy (non-hydrogen) atoms. The minimum Gasteiger partial charge on any atom is -0.496 e. The fourth-order valence-electron chi connectivity index (χ4n) is 2.61. The molecule has 0 N–H and O–H groups in total. The van der Waals surface area contributed by atoms with E-state index in [-0.39, 0.29) is 0 Å². The molecule has 0 bridgehead atoms. The summed E-state index contributed by atoms with van der Waals surface area (Å²) >= 11 is 0. The third-order valence-electron chi connectivity index (χ3n) is 3.90. The van der Waals surface area contributed by atoms with E-state index in [0.717, 1.165) is 49.1 Å². The second-order valence-corrected chi connectivity index (χ2v) is 5.34. The van der Waals surface area contributed by atoms with E-state index in [1.54, 1.807) is 13.2 Å². The maximum atomic E-state index is 10.8. The van der Waals surface area contributed by atoms with Gasteiger partial charge in [0.25, 0.3) is 0 Å². The number of hydrogen-bond donors (Lipinski definition) is 0. The molecular formula is C15H21NO2. The van der Waals surface area contributed by atoms with Crippen LogP contribution in [0.1, 0.15) is 29.8 Å². The summed E-state index contributed by atoms with van der Waals surface area (Å²) in [5.41, 5.74) is 1.81. The number of rotatable bonds is 4. The van der Waals surface area contributed by atoms with Crippen LogP contribution in [0.2, 0.25) is 0 Å². The first-order chi connectivity index (χ1) is 8.63. The molecule has 0 spiro atoms. The van der Waals surface area contributed by atoms with Gasteiger partial charge >= 0.3 is 0 Å². The standard InChI is InChI=1S/C15H21NO2/c1-11-7-16(8-12(11)2)9-14-6-13(10-17)4-5-15(14)18-3/h4-6,10-12H,7-9H2,1-3H3. The van der Waals surface area contributed by atoms with E-state index in [2.05, 4.69) is 18.7 Å². The third-order valence-corrected chi connectivity index (χ3v) is 3.90. The molecule has 1 aliphatic rings. The summed E-state index contributed by atoms with van der Waals surface area (Å²) in [6, 6.07) is 5.60. The highest BCUT2D eigenvalue weighted by Crippen LogP contribution is 2.27. The van der Waals surface area contributed by atoms with Crippen LogP contribution < -0.4 is 4.74 Å². The number of hydrogen-bond acceptors (Lipinski definition) is 3. The van der Waals surface area contributed by atoms with Gasteiger partial charge in [0.15, 0.2) is 0 Å². The topological polar surface area (TPSA) is 29.5 Å². The Balaban J connectivity index is 2.15. The van der Waals surface area contributed by atoms with Gasteiger partial charge in [0.1, 0.15) is 12.0 Å². The SMILES string of the molecule is COc1ccc(C=O)cc1CN1CC(C)C(C)C1. The molecule has 2 unspecified atom stereocenters. The fraction of sp³-hybridized carbons (Fsp3) is 0.533. The second-order valence-electron chi connectivity index (χ2n) is 5.34. The molecule has 3 nitrogen and oxygen atoms in total. The molecule has 0 radical (unpaired) electrons. The van der Waals surface area contributed by atoms with E-state index in [1.165, 1.54) is 0 Å². The lowest BCUT2D eigenvalue weighted by molar-refractivity contribution is 0.112. The van der Waals surface area contributed by atoms with Gasteiger partial charge in [-0.25, -0.2) is 0 Å². The van der Waals surface area contributed by atoms with E-state index < -0.39 is 0 Å².